The highest BCUT2D eigenvalue weighted by atomic mass is 32.2. The van der Waals surface area contributed by atoms with Crippen LogP contribution in [0.5, 0.6) is 5.75 Å². The van der Waals surface area contributed by atoms with E-state index >= 15 is 0 Å². The van der Waals surface area contributed by atoms with E-state index in [9.17, 15) is 0 Å². The van der Waals surface area contributed by atoms with Gasteiger partial charge >= 0.3 is 0 Å². The molecule has 1 aromatic rings. The van der Waals surface area contributed by atoms with Crippen molar-refractivity contribution in [2.45, 2.75) is 43.9 Å². The van der Waals surface area contributed by atoms with Crippen molar-refractivity contribution in [1.29, 1.82) is 0 Å². The average molecular weight is 279 g/mol. The highest BCUT2D eigenvalue weighted by molar-refractivity contribution is 8.00. The first-order chi connectivity index (χ1) is 9.19. The van der Waals surface area contributed by atoms with E-state index in [1.54, 1.807) is 7.11 Å². The first-order valence-corrected chi connectivity index (χ1v) is 8.19. The van der Waals surface area contributed by atoms with E-state index < -0.39 is 0 Å². The van der Waals surface area contributed by atoms with Crippen LogP contribution < -0.4 is 10.1 Å². The van der Waals surface area contributed by atoms with Crippen LogP contribution in [0.1, 0.15) is 44.7 Å². The van der Waals surface area contributed by atoms with Crippen LogP contribution in [0.3, 0.4) is 0 Å². The number of rotatable bonds is 6. The van der Waals surface area contributed by atoms with Crippen LogP contribution in [-0.2, 0) is 0 Å². The summed E-state index contributed by atoms with van der Waals surface area (Å²) in [4.78, 5) is 0. The third-order valence-corrected chi connectivity index (χ3v) is 5.48. The number of methoxy groups -OCH3 is 1. The molecule has 0 saturated carbocycles. The molecule has 0 aromatic heterocycles. The summed E-state index contributed by atoms with van der Waals surface area (Å²) < 4.78 is 5.68. The summed E-state index contributed by atoms with van der Waals surface area (Å²) in [6, 6.07) is 8.93. The second kappa shape index (κ2) is 6.67. The molecule has 1 saturated heterocycles. The maximum absolute atomic E-state index is 5.37. The molecule has 2 unspecified atom stereocenters. The third kappa shape index (κ3) is 3.46. The Morgan fingerprint density at radius 3 is 2.95 bits per heavy atom. The zero-order valence-corrected chi connectivity index (χ0v) is 13.1. The SMILES string of the molecule is CCCNC(c1cccc(OC)c1)C1(C)CCCS1. The highest BCUT2D eigenvalue weighted by Gasteiger charge is 2.38. The van der Waals surface area contributed by atoms with Crippen LogP contribution in [0, 0.1) is 0 Å². The van der Waals surface area contributed by atoms with E-state index in [4.69, 9.17) is 4.74 Å². The number of ether oxygens (including phenoxy) is 1. The van der Waals surface area contributed by atoms with Crippen LogP contribution in [0.4, 0.5) is 0 Å². The van der Waals surface area contributed by atoms with Crippen molar-refractivity contribution in [3.63, 3.8) is 0 Å². The Labute approximate surface area is 121 Å². The Hall–Kier alpha value is -0.670. The molecule has 2 atom stereocenters. The minimum atomic E-state index is 0.307. The Kier molecular flexibility index (Phi) is 5.17. The van der Waals surface area contributed by atoms with Crippen molar-refractivity contribution in [2.24, 2.45) is 0 Å². The van der Waals surface area contributed by atoms with Crippen LogP contribution >= 0.6 is 11.8 Å². The lowest BCUT2D eigenvalue weighted by Gasteiger charge is -2.34. The van der Waals surface area contributed by atoms with Crippen LogP contribution in [0.25, 0.3) is 0 Å². The summed E-state index contributed by atoms with van der Waals surface area (Å²) in [7, 11) is 1.74. The summed E-state index contributed by atoms with van der Waals surface area (Å²) in [6.07, 6.45) is 3.78. The van der Waals surface area contributed by atoms with Gasteiger partial charge in [-0.25, -0.2) is 0 Å². The highest BCUT2D eigenvalue weighted by Crippen LogP contribution is 2.46. The summed E-state index contributed by atoms with van der Waals surface area (Å²) in [5, 5.41) is 3.74. The van der Waals surface area contributed by atoms with Crippen molar-refractivity contribution >= 4 is 11.8 Å². The van der Waals surface area contributed by atoms with E-state index in [0.717, 1.165) is 12.3 Å². The fraction of sp³-hybridized carbons (Fsp3) is 0.625. The Bertz CT molecular complexity index is 401. The standard InChI is InChI=1S/C16H25NOS/c1-4-10-17-15(16(2)9-6-11-19-16)13-7-5-8-14(12-13)18-3/h5,7-8,12,15,17H,4,6,9-11H2,1-3H3. The molecular weight excluding hydrogens is 254 g/mol. The Morgan fingerprint density at radius 1 is 1.47 bits per heavy atom. The quantitative estimate of drug-likeness (QED) is 0.849. The minimum absolute atomic E-state index is 0.307. The predicted octanol–water partition coefficient (Wildman–Crippen LogP) is 4.02. The normalized spacial score (nSPS) is 24.4. The molecule has 0 amide bonds. The second-order valence-electron chi connectivity index (χ2n) is 5.43. The third-order valence-electron chi connectivity index (χ3n) is 3.89. The van der Waals surface area contributed by atoms with Gasteiger partial charge in [-0.05, 0) is 56.2 Å². The largest absolute Gasteiger partial charge is 0.497 e. The number of hydrogen-bond acceptors (Lipinski definition) is 3. The maximum atomic E-state index is 5.37. The van der Waals surface area contributed by atoms with Crippen molar-refractivity contribution in [3.05, 3.63) is 29.8 Å². The molecule has 1 N–H and O–H groups in total. The van der Waals surface area contributed by atoms with Gasteiger partial charge in [0.15, 0.2) is 0 Å². The first-order valence-electron chi connectivity index (χ1n) is 7.21. The molecule has 1 fully saturated rings. The van der Waals surface area contributed by atoms with Gasteiger partial charge in [0.1, 0.15) is 5.75 Å². The van der Waals surface area contributed by atoms with Gasteiger partial charge in [0.05, 0.1) is 7.11 Å². The molecule has 0 bridgehead atoms. The average Bonchev–Trinajstić information content (AvgIpc) is 2.87. The van der Waals surface area contributed by atoms with Gasteiger partial charge in [-0.1, -0.05) is 19.1 Å². The van der Waals surface area contributed by atoms with Gasteiger partial charge in [-0.2, -0.15) is 11.8 Å². The molecule has 1 aliphatic heterocycles. The van der Waals surface area contributed by atoms with Crippen LogP contribution in [0.15, 0.2) is 24.3 Å². The molecular formula is C16H25NOS. The fourth-order valence-electron chi connectivity index (χ4n) is 2.82. The fourth-order valence-corrected chi connectivity index (χ4v) is 4.25. The van der Waals surface area contributed by atoms with Crippen molar-refractivity contribution < 1.29 is 4.74 Å². The second-order valence-corrected chi connectivity index (χ2v) is 7.06. The van der Waals surface area contributed by atoms with Crippen molar-refractivity contribution in [3.8, 4) is 5.75 Å². The van der Waals surface area contributed by atoms with Crippen molar-refractivity contribution in [1.82, 2.24) is 5.32 Å². The molecule has 2 nitrogen and oxygen atoms in total. The van der Waals surface area contributed by atoms with Gasteiger partial charge in [0.2, 0.25) is 0 Å². The van der Waals surface area contributed by atoms with E-state index in [1.165, 1.54) is 30.6 Å². The summed E-state index contributed by atoms with van der Waals surface area (Å²) in [6.45, 7) is 5.69. The molecule has 1 aliphatic rings. The zero-order chi connectivity index (χ0) is 13.7. The van der Waals surface area contributed by atoms with Gasteiger partial charge < -0.3 is 10.1 Å². The molecule has 0 aliphatic carbocycles. The topological polar surface area (TPSA) is 21.3 Å². The van der Waals surface area contributed by atoms with Crippen molar-refractivity contribution in [2.75, 3.05) is 19.4 Å². The van der Waals surface area contributed by atoms with Gasteiger partial charge in [-0.3, -0.25) is 0 Å². The summed E-state index contributed by atoms with van der Waals surface area (Å²) >= 11 is 2.11. The van der Waals surface area contributed by atoms with E-state index in [2.05, 4.69) is 49.1 Å². The lowest BCUT2D eigenvalue weighted by molar-refractivity contribution is 0.400. The number of hydrogen-bond donors (Lipinski definition) is 1. The van der Waals surface area contributed by atoms with Crippen LogP contribution in [-0.4, -0.2) is 24.2 Å². The zero-order valence-electron chi connectivity index (χ0n) is 12.2. The summed E-state index contributed by atoms with van der Waals surface area (Å²) in [5.74, 6) is 2.23. The number of nitrogens with one attached hydrogen (secondary N) is 1. The molecule has 2 rings (SSSR count). The summed E-state index contributed by atoms with van der Waals surface area (Å²) in [5.41, 5.74) is 1.35. The Balaban J connectivity index is 2.25. The maximum Gasteiger partial charge on any atom is 0.119 e. The van der Waals surface area contributed by atoms with E-state index in [0.29, 0.717) is 10.8 Å². The molecule has 106 valence electrons. The smallest absolute Gasteiger partial charge is 0.119 e. The van der Waals surface area contributed by atoms with Gasteiger partial charge in [0, 0.05) is 10.8 Å². The molecule has 19 heavy (non-hydrogen) atoms. The molecule has 1 aromatic carbocycles. The van der Waals surface area contributed by atoms with E-state index in [-0.39, 0.29) is 0 Å². The monoisotopic (exact) mass is 279 g/mol. The van der Waals surface area contributed by atoms with Gasteiger partial charge in [0.25, 0.3) is 0 Å². The molecule has 0 spiro atoms. The van der Waals surface area contributed by atoms with Crippen LogP contribution in [0.2, 0.25) is 0 Å². The Morgan fingerprint density at radius 2 is 2.32 bits per heavy atom. The van der Waals surface area contributed by atoms with Gasteiger partial charge in [-0.15, -0.1) is 0 Å². The molecule has 1 heterocycles. The molecule has 0 radical (unpaired) electrons. The minimum Gasteiger partial charge on any atom is -0.497 e. The lowest BCUT2D eigenvalue weighted by Crippen LogP contribution is -2.38. The first kappa shape index (κ1) is 14.7. The molecule has 3 heteroatoms. The van der Waals surface area contributed by atoms with E-state index in [1.807, 2.05) is 6.07 Å². The number of thioether (sulfide) groups is 1. The number of benzene rings is 1. The lowest BCUT2D eigenvalue weighted by atomic mass is 9.90. The predicted molar refractivity (Wildman–Crippen MR) is 84.1 cm³/mol.